The Bertz CT molecular complexity index is 313. The molecule has 1 atom stereocenters. The predicted molar refractivity (Wildman–Crippen MR) is 64.0 cm³/mol. The minimum atomic E-state index is 0.600. The number of hydrogen-bond acceptors (Lipinski definition) is 1. The zero-order valence-electron chi connectivity index (χ0n) is 6.69. The van der Waals surface area contributed by atoms with Crippen molar-refractivity contribution in [2.45, 2.75) is 11.7 Å². The van der Waals surface area contributed by atoms with Crippen LogP contribution in [-0.4, -0.2) is 5.75 Å². The molecule has 0 aliphatic carbocycles. The van der Waals surface area contributed by atoms with Gasteiger partial charge in [-0.1, -0.05) is 23.2 Å². The Labute approximate surface area is 100 Å². The lowest BCUT2D eigenvalue weighted by Gasteiger charge is -2.25. The second-order valence-electron chi connectivity index (χ2n) is 2.95. The molecule has 0 aromatic heterocycles. The van der Waals surface area contributed by atoms with Crippen LogP contribution < -0.4 is 0 Å². The van der Waals surface area contributed by atoms with Gasteiger partial charge in [0.05, 0.1) is 14.5 Å². The summed E-state index contributed by atoms with van der Waals surface area (Å²) in [6.45, 7) is 0. The Morgan fingerprint density at radius 1 is 1.31 bits per heavy atom. The summed E-state index contributed by atoms with van der Waals surface area (Å²) in [6, 6.07) is 3.99. The van der Waals surface area contributed by atoms with Gasteiger partial charge in [-0.25, -0.2) is 0 Å². The van der Waals surface area contributed by atoms with Crippen molar-refractivity contribution in [2.24, 2.45) is 0 Å². The van der Waals surface area contributed by atoms with Gasteiger partial charge in [0.2, 0.25) is 0 Å². The third-order valence-electron chi connectivity index (χ3n) is 2.08. The molecule has 1 fully saturated rings. The normalized spacial score (nSPS) is 21.3. The van der Waals surface area contributed by atoms with Crippen molar-refractivity contribution in [3.8, 4) is 0 Å². The molecule has 0 bridgehead atoms. The number of thioether (sulfide) groups is 1. The van der Waals surface area contributed by atoms with Crippen LogP contribution in [0.25, 0.3) is 0 Å². The van der Waals surface area contributed by atoms with Gasteiger partial charge in [0, 0.05) is 5.25 Å². The molecule has 1 unspecified atom stereocenters. The van der Waals surface area contributed by atoms with Crippen LogP contribution in [0.3, 0.4) is 0 Å². The van der Waals surface area contributed by atoms with E-state index in [9.17, 15) is 0 Å². The van der Waals surface area contributed by atoms with Crippen molar-refractivity contribution >= 4 is 50.9 Å². The van der Waals surface area contributed by atoms with Crippen molar-refractivity contribution in [3.63, 3.8) is 0 Å². The maximum Gasteiger partial charge on any atom is 0.0566 e. The molecular weight excluding hydrogens is 291 g/mol. The van der Waals surface area contributed by atoms with Crippen molar-refractivity contribution in [3.05, 3.63) is 32.2 Å². The number of hydrogen-bond donors (Lipinski definition) is 0. The number of rotatable bonds is 1. The van der Waals surface area contributed by atoms with E-state index in [2.05, 4.69) is 15.9 Å². The van der Waals surface area contributed by atoms with Gasteiger partial charge < -0.3 is 0 Å². The summed E-state index contributed by atoms with van der Waals surface area (Å²) in [4.78, 5) is 0. The average Bonchev–Trinajstić information content (AvgIpc) is 1.96. The molecular formula is C9H7BrCl2S. The standard InChI is InChI=1S/C9H7BrCl2S/c10-9-6(11)3-5(4-7(9)12)8-1-2-13-8/h3-4,8H,1-2H2. The summed E-state index contributed by atoms with van der Waals surface area (Å²) in [7, 11) is 0. The Morgan fingerprint density at radius 3 is 2.23 bits per heavy atom. The SMILES string of the molecule is Clc1cc(C2CCS2)cc(Cl)c1Br. The smallest absolute Gasteiger partial charge is 0.0566 e. The van der Waals surface area contributed by atoms with Crippen LogP contribution in [0.5, 0.6) is 0 Å². The summed E-state index contributed by atoms with van der Waals surface area (Å²) in [5, 5.41) is 2.01. The van der Waals surface area contributed by atoms with E-state index in [0.29, 0.717) is 15.3 Å². The van der Waals surface area contributed by atoms with E-state index in [1.54, 1.807) is 0 Å². The van der Waals surface area contributed by atoms with Crippen molar-refractivity contribution < 1.29 is 0 Å². The molecule has 1 heterocycles. The topological polar surface area (TPSA) is 0 Å². The zero-order valence-corrected chi connectivity index (χ0v) is 10.6. The summed E-state index contributed by atoms with van der Waals surface area (Å²) >= 11 is 17.3. The van der Waals surface area contributed by atoms with Crippen LogP contribution in [0.2, 0.25) is 10.0 Å². The molecule has 0 saturated carbocycles. The molecule has 1 aromatic rings. The molecule has 0 spiro atoms. The summed E-state index contributed by atoms with van der Waals surface area (Å²) < 4.78 is 0.795. The minimum Gasteiger partial charge on any atom is -0.154 e. The second-order valence-corrected chi connectivity index (χ2v) is 5.86. The van der Waals surface area contributed by atoms with E-state index >= 15 is 0 Å². The molecule has 1 aliphatic heterocycles. The van der Waals surface area contributed by atoms with Gasteiger partial charge >= 0.3 is 0 Å². The quantitative estimate of drug-likeness (QED) is 0.662. The van der Waals surface area contributed by atoms with Crippen molar-refractivity contribution in [1.82, 2.24) is 0 Å². The highest BCUT2D eigenvalue weighted by molar-refractivity contribution is 9.10. The Kier molecular flexibility index (Phi) is 3.14. The van der Waals surface area contributed by atoms with Crippen molar-refractivity contribution in [2.75, 3.05) is 5.75 Å². The van der Waals surface area contributed by atoms with E-state index in [1.807, 2.05) is 23.9 Å². The zero-order chi connectivity index (χ0) is 9.42. The molecule has 70 valence electrons. The summed E-state index contributed by atoms with van der Waals surface area (Å²) in [5.41, 5.74) is 1.24. The van der Waals surface area contributed by atoms with E-state index < -0.39 is 0 Å². The third-order valence-corrected chi connectivity index (χ3v) is 5.37. The van der Waals surface area contributed by atoms with Crippen LogP contribution in [0.4, 0.5) is 0 Å². The minimum absolute atomic E-state index is 0.600. The first-order valence-electron chi connectivity index (χ1n) is 3.94. The highest BCUT2D eigenvalue weighted by Crippen LogP contribution is 2.45. The number of benzene rings is 1. The van der Waals surface area contributed by atoms with Gasteiger partial charge in [0.25, 0.3) is 0 Å². The first-order valence-corrected chi connectivity index (χ1v) is 6.54. The summed E-state index contributed by atoms with van der Waals surface area (Å²) in [6.07, 6.45) is 1.24. The molecule has 1 aliphatic rings. The van der Waals surface area contributed by atoms with E-state index in [-0.39, 0.29) is 0 Å². The maximum absolute atomic E-state index is 6.00. The average molecular weight is 298 g/mol. The lowest BCUT2D eigenvalue weighted by atomic mass is 10.1. The van der Waals surface area contributed by atoms with Crippen LogP contribution in [0, 0.1) is 0 Å². The molecule has 2 rings (SSSR count). The predicted octanol–water partition coefficient (Wildman–Crippen LogP) is 4.93. The largest absolute Gasteiger partial charge is 0.154 e. The molecule has 1 aromatic carbocycles. The fraction of sp³-hybridized carbons (Fsp3) is 0.333. The van der Waals surface area contributed by atoms with Gasteiger partial charge in [-0.15, -0.1) is 0 Å². The monoisotopic (exact) mass is 296 g/mol. The lowest BCUT2D eigenvalue weighted by molar-refractivity contribution is 0.849. The fourth-order valence-corrected chi connectivity index (χ4v) is 2.79. The molecule has 0 N–H and O–H groups in total. The first-order chi connectivity index (χ1) is 6.18. The van der Waals surface area contributed by atoms with Gasteiger partial charge in [-0.05, 0) is 45.8 Å². The Hall–Kier alpha value is 0.630. The molecule has 1 saturated heterocycles. The third kappa shape index (κ3) is 2.01. The van der Waals surface area contributed by atoms with Gasteiger partial charge in [-0.2, -0.15) is 11.8 Å². The lowest BCUT2D eigenvalue weighted by Crippen LogP contribution is -2.06. The van der Waals surface area contributed by atoms with Gasteiger partial charge in [-0.3, -0.25) is 0 Å². The first kappa shape index (κ1) is 10.2. The van der Waals surface area contributed by atoms with E-state index in [4.69, 9.17) is 23.2 Å². The molecule has 0 nitrogen and oxygen atoms in total. The van der Waals surface area contributed by atoms with Gasteiger partial charge in [0.1, 0.15) is 0 Å². The molecule has 0 radical (unpaired) electrons. The van der Waals surface area contributed by atoms with E-state index in [0.717, 1.165) is 4.47 Å². The van der Waals surface area contributed by atoms with Crippen molar-refractivity contribution in [1.29, 1.82) is 0 Å². The van der Waals surface area contributed by atoms with Crippen LogP contribution in [-0.2, 0) is 0 Å². The van der Waals surface area contributed by atoms with E-state index in [1.165, 1.54) is 17.7 Å². The van der Waals surface area contributed by atoms with Crippen LogP contribution in [0.1, 0.15) is 17.2 Å². The number of halogens is 3. The maximum atomic E-state index is 6.00. The van der Waals surface area contributed by atoms with Crippen LogP contribution >= 0.6 is 50.9 Å². The summed E-state index contributed by atoms with van der Waals surface area (Å²) in [5.74, 6) is 1.25. The fourth-order valence-electron chi connectivity index (χ4n) is 1.26. The highest BCUT2D eigenvalue weighted by Gasteiger charge is 2.21. The Balaban J connectivity index is 2.37. The molecule has 0 amide bonds. The van der Waals surface area contributed by atoms with Crippen LogP contribution in [0.15, 0.2) is 16.6 Å². The second kappa shape index (κ2) is 4.01. The molecule has 13 heavy (non-hydrogen) atoms. The highest BCUT2D eigenvalue weighted by atomic mass is 79.9. The molecule has 4 heteroatoms. The Morgan fingerprint density at radius 2 is 1.85 bits per heavy atom. The van der Waals surface area contributed by atoms with Gasteiger partial charge in [0.15, 0.2) is 0 Å².